The zero-order chi connectivity index (χ0) is 15.4. The molecule has 0 aliphatic carbocycles. The molecule has 5 heteroatoms. The quantitative estimate of drug-likeness (QED) is 0.907. The first kappa shape index (κ1) is 14.8. The molecule has 1 aromatic heterocycles. The van der Waals surface area contributed by atoms with E-state index in [4.69, 9.17) is 4.74 Å². The Bertz CT molecular complexity index is 720. The minimum atomic E-state index is -0.248. The van der Waals surface area contributed by atoms with Gasteiger partial charge in [0.1, 0.15) is 5.75 Å². The van der Waals surface area contributed by atoms with Crippen molar-refractivity contribution >= 4 is 11.6 Å². The number of ether oxygens (including phenoxy) is 1. The van der Waals surface area contributed by atoms with E-state index < -0.39 is 0 Å². The number of aromatic nitrogens is 1. The molecule has 0 radical (unpaired) electrons. The molecule has 0 unspecified atom stereocenters. The van der Waals surface area contributed by atoms with Gasteiger partial charge in [0, 0.05) is 17.3 Å². The molecule has 21 heavy (non-hydrogen) atoms. The van der Waals surface area contributed by atoms with Crippen molar-refractivity contribution in [1.82, 2.24) is 4.98 Å². The second-order valence-electron chi connectivity index (χ2n) is 4.77. The van der Waals surface area contributed by atoms with Crippen LogP contribution >= 0.6 is 0 Å². The summed E-state index contributed by atoms with van der Waals surface area (Å²) in [6.45, 7) is 6.06. The summed E-state index contributed by atoms with van der Waals surface area (Å²) in [5.74, 6) is 0.449. The number of carbonyl (C=O) groups is 1. The minimum absolute atomic E-state index is 0.165. The molecule has 1 aromatic carbocycles. The van der Waals surface area contributed by atoms with Crippen molar-refractivity contribution < 1.29 is 9.53 Å². The second-order valence-corrected chi connectivity index (χ2v) is 4.77. The molecule has 0 bridgehead atoms. The van der Waals surface area contributed by atoms with E-state index in [-0.39, 0.29) is 11.5 Å². The molecule has 0 aliphatic rings. The van der Waals surface area contributed by atoms with Crippen molar-refractivity contribution in [3.63, 3.8) is 0 Å². The Morgan fingerprint density at radius 1 is 1.24 bits per heavy atom. The largest absolute Gasteiger partial charge is 0.494 e. The van der Waals surface area contributed by atoms with Crippen LogP contribution in [0, 0.1) is 13.8 Å². The van der Waals surface area contributed by atoms with E-state index in [9.17, 15) is 9.59 Å². The maximum atomic E-state index is 12.2. The molecule has 0 aliphatic heterocycles. The third kappa shape index (κ3) is 3.51. The van der Waals surface area contributed by atoms with Crippen molar-refractivity contribution in [3.8, 4) is 5.75 Å². The van der Waals surface area contributed by atoms with E-state index in [0.29, 0.717) is 29.2 Å². The third-order valence-corrected chi connectivity index (χ3v) is 3.10. The number of carbonyl (C=O) groups excluding carboxylic acids is 1. The number of rotatable bonds is 4. The van der Waals surface area contributed by atoms with E-state index in [0.717, 1.165) is 5.56 Å². The van der Waals surface area contributed by atoms with E-state index in [1.54, 1.807) is 25.1 Å². The first-order valence-corrected chi connectivity index (χ1v) is 6.75. The van der Waals surface area contributed by atoms with E-state index in [1.165, 1.54) is 6.20 Å². The summed E-state index contributed by atoms with van der Waals surface area (Å²) >= 11 is 0. The summed E-state index contributed by atoms with van der Waals surface area (Å²) in [5.41, 5.74) is 2.42. The Balaban J connectivity index is 2.21. The number of pyridine rings is 1. The monoisotopic (exact) mass is 286 g/mol. The van der Waals surface area contributed by atoms with Gasteiger partial charge in [0.2, 0.25) is 0 Å². The molecular weight excluding hydrogens is 268 g/mol. The van der Waals surface area contributed by atoms with Gasteiger partial charge in [-0.05, 0) is 44.5 Å². The minimum Gasteiger partial charge on any atom is -0.494 e. The fraction of sp³-hybridized carbons (Fsp3) is 0.250. The van der Waals surface area contributed by atoms with Crippen LogP contribution in [0.1, 0.15) is 28.4 Å². The molecule has 5 nitrogen and oxygen atoms in total. The van der Waals surface area contributed by atoms with Crippen LogP contribution in [0.25, 0.3) is 0 Å². The molecule has 2 N–H and O–H groups in total. The lowest BCUT2D eigenvalue weighted by atomic mass is 10.1. The Kier molecular flexibility index (Phi) is 4.42. The normalized spacial score (nSPS) is 10.2. The standard InChI is InChI=1S/C16H18N2O3/c1-4-21-14-8-12(6-5-10(14)2)16(20)18-13-7-11(3)15(19)17-9-13/h5-9H,4H2,1-3H3,(H,17,19)(H,18,20). The molecule has 0 atom stereocenters. The SMILES string of the molecule is CCOc1cc(C(=O)Nc2c[nH]c(=O)c(C)c2)ccc1C. The molecule has 2 aromatic rings. The summed E-state index contributed by atoms with van der Waals surface area (Å²) < 4.78 is 5.49. The number of nitrogens with one attached hydrogen (secondary N) is 2. The van der Waals surface area contributed by atoms with Gasteiger partial charge < -0.3 is 15.0 Å². The van der Waals surface area contributed by atoms with Gasteiger partial charge in [-0.15, -0.1) is 0 Å². The molecule has 1 amide bonds. The van der Waals surface area contributed by atoms with Gasteiger partial charge >= 0.3 is 0 Å². The van der Waals surface area contributed by atoms with Gasteiger partial charge in [0.15, 0.2) is 0 Å². The summed E-state index contributed by atoms with van der Waals surface area (Å²) in [6, 6.07) is 6.94. The summed E-state index contributed by atoms with van der Waals surface area (Å²) in [6.07, 6.45) is 1.48. The first-order chi connectivity index (χ1) is 10.0. The van der Waals surface area contributed by atoms with Gasteiger partial charge in [-0.3, -0.25) is 9.59 Å². The number of amides is 1. The highest BCUT2D eigenvalue weighted by Crippen LogP contribution is 2.20. The van der Waals surface area contributed by atoms with Crippen molar-refractivity contribution in [3.05, 3.63) is 57.5 Å². The topological polar surface area (TPSA) is 71.2 Å². The van der Waals surface area contributed by atoms with Gasteiger partial charge in [-0.2, -0.15) is 0 Å². The van der Waals surface area contributed by atoms with Gasteiger partial charge in [-0.25, -0.2) is 0 Å². The fourth-order valence-electron chi connectivity index (χ4n) is 1.93. The van der Waals surface area contributed by atoms with Gasteiger partial charge in [0.25, 0.3) is 11.5 Å². The van der Waals surface area contributed by atoms with Gasteiger partial charge in [0.05, 0.1) is 12.3 Å². The second kappa shape index (κ2) is 6.26. The van der Waals surface area contributed by atoms with Crippen molar-refractivity contribution in [2.45, 2.75) is 20.8 Å². The molecule has 0 spiro atoms. The Morgan fingerprint density at radius 2 is 2.00 bits per heavy atom. The fourth-order valence-corrected chi connectivity index (χ4v) is 1.93. The van der Waals surface area contributed by atoms with Crippen LogP contribution < -0.4 is 15.6 Å². The number of benzene rings is 1. The van der Waals surface area contributed by atoms with Crippen LogP contribution in [-0.2, 0) is 0 Å². The molecular formula is C16H18N2O3. The predicted octanol–water partition coefficient (Wildman–Crippen LogP) is 2.64. The lowest BCUT2D eigenvalue weighted by molar-refractivity contribution is 0.102. The number of H-pyrrole nitrogens is 1. The number of hydrogen-bond acceptors (Lipinski definition) is 3. The zero-order valence-electron chi connectivity index (χ0n) is 12.3. The lowest BCUT2D eigenvalue weighted by Crippen LogP contribution is -2.15. The lowest BCUT2D eigenvalue weighted by Gasteiger charge is -2.10. The molecule has 0 saturated carbocycles. The van der Waals surface area contributed by atoms with Crippen LogP contribution in [-0.4, -0.2) is 17.5 Å². The van der Waals surface area contributed by atoms with Crippen LogP contribution in [0.5, 0.6) is 5.75 Å². The highest BCUT2D eigenvalue weighted by atomic mass is 16.5. The van der Waals surface area contributed by atoms with E-state index in [1.807, 2.05) is 19.9 Å². The molecule has 1 heterocycles. The number of aryl methyl sites for hydroxylation is 2. The summed E-state index contributed by atoms with van der Waals surface area (Å²) in [7, 11) is 0. The smallest absolute Gasteiger partial charge is 0.255 e. The number of aromatic amines is 1. The average molecular weight is 286 g/mol. The third-order valence-electron chi connectivity index (χ3n) is 3.10. The predicted molar refractivity (Wildman–Crippen MR) is 82.1 cm³/mol. The van der Waals surface area contributed by atoms with Crippen molar-refractivity contribution in [1.29, 1.82) is 0 Å². The Labute approximate surface area is 123 Å². The Morgan fingerprint density at radius 3 is 2.67 bits per heavy atom. The maximum absolute atomic E-state index is 12.2. The molecule has 2 rings (SSSR count). The highest BCUT2D eigenvalue weighted by molar-refractivity contribution is 6.04. The zero-order valence-corrected chi connectivity index (χ0v) is 12.3. The highest BCUT2D eigenvalue weighted by Gasteiger charge is 2.09. The molecule has 0 saturated heterocycles. The molecule has 0 fully saturated rings. The van der Waals surface area contributed by atoms with Crippen molar-refractivity contribution in [2.24, 2.45) is 0 Å². The number of anilines is 1. The Hall–Kier alpha value is -2.56. The first-order valence-electron chi connectivity index (χ1n) is 6.75. The summed E-state index contributed by atoms with van der Waals surface area (Å²) in [5, 5.41) is 2.75. The maximum Gasteiger partial charge on any atom is 0.255 e. The number of hydrogen-bond donors (Lipinski definition) is 2. The van der Waals surface area contributed by atoms with Crippen LogP contribution in [0.4, 0.5) is 5.69 Å². The van der Waals surface area contributed by atoms with Crippen LogP contribution in [0.3, 0.4) is 0 Å². The average Bonchev–Trinajstić information content (AvgIpc) is 2.45. The van der Waals surface area contributed by atoms with Crippen molar-refractivity contribution in [2.75, 3.05) is 11.9 Å². The van der Waals surface area contributed by atoms with Crippen LogP contribution in [0.2, 0.25) is 0 Å². The van der Waals surface area contributed by atoms with Gasteiger partial charge in [-0.1, -0.05) is 6.07 Å². The molecule has 110 valence electrons. The van der Waals surface area contributed by atoms with E-state index >= 15 is 0 Å². The van der Waals surface area contributed by atoms with E-state index in [2.05, 4.69) is 10.3 Å². The summed E-state index contributed by atoms with van der Waals surface area (Å²) in [4.78, 5) is 26.1. The van der Waals surface area contributed by atoms with Crippen LogP contribution in [0.15, 0.2) is 35.3 Å².